The fraction of sp³-hybridized carbons (Fsp3) is 0.727. The van der Waals surface area contributed by atoms with E-state index in [0.717, 1.165) is 25.9 Å². The number of hydrogen-bond donors (Lipinski definition) is 2. The summed E-state index contributed by atoms with van der Waals surface area (Å²) in [5.41, 5.74) is 6.13. The number of nitrogens with one attached hydrogen (secondary N) is 1. The second kappa shape index (κ2) is 5.92. The van der Waals surface area contributed by atoms with Crippen LogP contribution in [0.3, 0.4) is 0 Å². The molecule has 2 rings (SSSR count). The van der Waals surface area contributed by atoms with Gasteiger partial charge >= 0.3 is 0 Å². The minimum Gasteiger partial charge on any atom is -0.352 e. The molecule has 0 atom stereocenters. The van der Waals surface area contributed by atoms with Crippen LogP contribution in [0.4, 0.5) is 0 Å². The minimum absolute atomic E-state index is 0.0157. The van der Waals surface area contributed by atoms with E-state index < -0.39 is 0 Å². The Morgan fingerprint density at radius 2 is 2.28 bits per heavy atom. The molecule has 18 heavy (non-hydrogen) atoms. The van der Waals surface area contributed by atoms with E-state index in [2.05, 4.69) is 27.6 Å². The molecule has 1 amide bonds. The maximum absolute atomic E-state index is 11.8. The molecule has 3 N–H and O–H groups in total. The highest BCUT2D eigenvalue weighted by Crippen LogP contribution is 2.07. The molecule has 0 radical (unpaired) electrons. The highest BCUT2D eigenvalue weighted by atomic mass is 16.2. The SMILES string of the molecule is CN1CCC(NC(=O)Cn2cc(CN)nn2)CC1. The number of hydrogen-bond acceptors (Lipinski definition) is 5. The Labute approximate surface area is 106 Å². The number of carbonyl (C=O) groups excluding carboxylic acids is 1. The lowest BCUT2D eigenvalue weighted by Gasteiger charge is -2.29. The Balaban J connectivity index is 1.78. The minimum atomic E-state index is -0.0157. The van der Waals surface area contributed by atoms with Crippen LogP contribution in [0.15, 0.2) is 6.20 Å². The van der Waals surface area contributed by atoms with Crippen molar-refractivity contribution >= 4 is 5.91 Å². The van der Waals surface area contributed by atoms with Gasteiger partial charge in [-0.05, 0) is 33.0 Å². The number of aromatic nitrogens is 3. The molecular weight excluding hydrogens is 232 g/mol. The quantitative estimate of drug-likeness (QED) is 0.713. The number of carbonyl (C=O) groups is 1. The van der Waals surface area contributed by atoms with Gasteiger partial charge in [-0.3, -0.25) is 4.79 Å². The molecule has 7 heteroatoms. The van der Waals surface area contributed by atoms with E-state index in [0.29, 0.717) is 12.2 Å². The molecular formula is C11H20N6O. The first-order chi connectivity index (χ1) is 8.67. The lowest BCUT2D eigenvalue weighted by Crippen LogP contribution is -2.44. The number of rotatable bonds is 4. The second-order valence-corrected chi connectivity index (χ2v) is 4.76. The summed E-state index contributed by atoms with van der Waals surface area (Å²) >= 11 is 0. The molecule has 1 aliphatic rings. The summed E-state index contributed by atoms with van der Waals surface area (Å²) in [4.78, 5) is 14.1. The first-order valence-electron chi connectivity index (χ1n) is 6.24. The van der Waals surface area contributed by atoms with Gasteiger partial charge in [0.15, 0.2) is 0 Å². The summed E-state index contributed by atoms with van der Waals surface area (Å²) in [5.74, 6) is -0.0157. The average molecular weight is 252 g/mol. The standard InChI is InChI=1S/C11H20N6O/c1-16-4-2-9(3-5-16)13-11(18)8-17-7-10(6-12)14-15-17/h7,9H,2-6,8,12H2,1H3,(H,13,18). The molecule has 0 unspecified atom stereocenters. The van der Waals surface area contributed by atoms with Crippen LogP contribution in [0, 0.1) is 0 Å². The van der Waals surface area contributed by atoms with Gasteiger partial charge < -0.3 is 16.0 Å². The lowest BCUT2D eigenvalue weighted by molar-refractivity contribution is -0.122. The monoisotopic (exact) mass is 252 g/mol. The van der Waals surface area contributed by atoms with Gasteiger partial charge in [0, 0.05) is 12.6 Å². The van der Waals surface area contributed by atoms with Crippen LogP contribution < -0.4 is 11.1 Å². The molecule has 1 aromatic heterocycles. The number of nitrogens with two attached hydrogens (primary N) is 1. The van der Waals surface area contributed by atoms with Gasteiger partial charge in [-0.1, -0.05) is 5.21 Å². The van der Waals surface area contributed by atoms with Crippen molar-refractivity contribution in [1.29, 1.82) is 0 Å². The molecule has 0 aliphatic carbocycles. The van der Waals surface area contributed by atoms with E-state index in [4.69, 9.17) is 5.73 Å². The van der Waals surface area contributed by atoms with Crippen molar-refractivity contribution in [2.75, 3.05) is 20.1 Å². The van der Waals surface area contributed by atoms with Gasteiger partial charge in [0.1, 0.15) is 6.54 Å². The smallest absolute Gasteiger partial charge is 0.242 e. The summed E-state index contributed by atoms with van der Waals surface area (Å²) in [6.07, 6.45) is 3.72. The maximum atomic E-state index is 11.8. The Bertz CT molecular complexity index is 396. The van der Waals surface area contributed by atoms with Crippen LogP contribution >= 0.6 is 0 Å². The highest BCUT2D eigenvalue weighted by molar-refractivity contribution is 5.75. The van der Waals surface area contributed by atoms with E-state index >= 15 is 0 Å². The summed E-state index contributed by atoms with van der Waals surface area (Å²) < 4.78 is 1.52. The summed E-state index contributed by atoms with van der Waals surface area (Å²) in [6, 6.07) is 0.284. The van der Waals surface area contributed by atoms with Crippen molar-refractivity contribution < 1.29 is 4.79 Å². The fourth-order valence-electron chi connectivity index (χ4n) is 2.08. The summed E-state index contributed by atoms with van der Waals surface area (Å²) in [5, 5.41) is 10.7. The molecule has 0 aromatic carbocycles. The second-order valence-electron chi connectivity index (χ2n) is 4.76. The van der Waals surface area contributed by atoms with Crippen LogP contribution in [0.2, 0.25) is 0 Å². The molecule has 1 fully saturated rings. The number of likely N-dealkylation sites (tertiary alicyclic amines) is 1. The summed E-state index contributed by atoms with van der Waals surface area (Å²) in [6.45, 7) is 2.62. The zero-order valence-corrected chi connectivity index (χ0v) is 10.7. The largest absolute Gasteiger partial charge is 0.352 e. The zero-order valence-electron chi connectivity index (χ0n) is 10.7. The molecule has 1 aliphatic heterocycles. The van der Waals surface area contributed by atoms with Crippen molar-refractivity contribution in [2.45, 2.75) is 32.0 Å². The van der Waals surface area contributed by atoms with E-state index in [1.165, 1.54) is 4.68 Å². The van der Waals surface area contributed by atoms with Gasteiger partial charge in [-0.25, -0.2) is 4.68 Å². The van der Waals surface area contributed by atoms with Gasteiger partial charge in [-0.2, -0.15) is 0 Å². The number of amides is 1. The lowest BCUT2D eigenvalue weighted by atomic mass is 10.1. The highest BCUT2D eigenvalue weighted by Gasteiger charge is 2.18. The van der Waals surface area contributed by atoms with Crippen LogP contribution in [0.5, 0.6) is 0 Å². The van der Waals surface area contributed by atoms with Crippen LogP contribution in [-0.2, 0) is 17.9 Å². The Morgan fingerprint density at radius 3 is 2.89 bits per heavy atom. The molecule has 0 bridgehead atoms. The first kappa shape index (κ1) is 13.0. The molecule has 0 saturated carbocycles. The Kier molecular flexibility index (Phi) is 4.27. The van der Waals surface area contributed by atoms with Gasteiger partial charge in [0.25, 0.3) is 0 Å². The third-order valence-corrected chi connectivity index (χ3v) is 3.18. The maximum Gasteiger partial charge on any atom is 0.242 e. The van der Waals surface area contributed by atoms with Crippen molar-refractivity contribution in [3.8, 4) is 0 Å². The molecule has 7 nitrogen and oxygen atoms in total. The summed E-state index contributed by atoms with van der Waals surface area (Å²) in [7, 11) is 2.10. The fourth-order valence-corrected chi connectivity index (χ4v) is 2.08. The first-order valence-corrected chi connectivity index (χ1v) is 6.24. The van der Waals surface area contributed by atoms with Crippen molar-refractivity contribution in [3.63, 3.8) is 0 Å². The third-order valence-electron chi connectivity index (χ3n) is 3.18. The van der Waals surface area contributed by atoms with Crippen LogP contribution in [0.25, 0.3) is 0 Å². The Morgan fingerprint density at radius 1 is 1.56 bits per heavy atom. The molecule has 100 valence electrons. The van der Waals surface area contributed by atoms with Gasteiger partial charge in [-0.15, -0.1) is 5.10 Å². The van der Waals surface area contributed by atoms with Crippen molar-refractivity contribution in [2.24, 2.45) is 5.73 Å². The van der Waals surface area contributed by atoms with Crippen LogP contribution in [-0.4, -0.2) is 52.0 Å². The number of piperidine rings is 1. The van der Waals surface area contributed by atoms with E-state index in [1.807, 2.05) is 0 Å². The topological polar surface area (TPSA) is 89.1 Å². The predicted octanol–water partition coefficient (Wildman–Crippen LogP) is -1.05. The predicted molar refractivity (Wildman–Crippen MR) is 66.6 cm³/mol. The molecule has 1 aromatic rings. The van der Waals surface area contributed by atoms with Gasteiger partial charge in [0.2, 0.25) is 5.91 Å². The normalized spacial score (nSPS) is 17.9. The van der Waals surface area contributed by atoms with Crippen molar-refractivity contribution in [1.82, 2.24) is 25.2 Å². The van der Waals surface area contributed by atoms with Crippen LogP contribution in [0.1, 0.15) is 18.5 Å². The molecule has 2 heterocycles. The Hall–Kier alpha value is -1.47. The van der Waals surface area contributed by atoms with E-state index in [9.17, 15) is 4.79 Å². The van der Waals surface area contributed by atoms with Crippen molar-refractivity contribution in [3.05, 3.63) is 11.9 Å². The van der Waals surface area contributed by atoms with Gasteiger partial charge in [0.05, 0.1) is 11.9 Å². The zero-order chi connectivity index (χ0) is 13.0. The molecule has 0 spiro atoms. The third kappa shape index (κ3) is 3.51. The number of nitrogens with zero attached hydrogens (tertiary/aromatic N) is 4. The van der Waals surface area contributed by atoms with E-state index in [-0.39, 0.29) is 18.5 Å². The average Bonchev–Trinajstić information content (AvgIpc) is 2.79. The molecule has 1 saturated heterocycles. The van der Waals surface area contributed by atoms with E-state index in [1.54, 1.807) is 6.20 Å².